The van der Waals surface area contributed by atoms with Crippen LogP contribution < -0.4 is 0 Å². The molecule has 0 bridgehead atoms. The fourth-order valence-electron chi connectivity index (χ4n) is 3.34. The highest BCUT2D eigenvalue weighted by atomic mass is 19.1. The van der Waals surface area contributed by atoms with Crippen LogP contribution in [0.3, 0.4) is 0 Å². The molecule has 1 aromatic rings. The summed E-state index contributed by atoms with van der Waals surface area (Å²) in [5.74, 6) is -0.395. The average Bonchev–Trinajstić information content (AvgIpc) is 2.70. The quantitative estimate of drug-likeness (QED) is 0.245. The Morgan fingerprint density at radius 1 is 0.897 bits per heavy atom. The Kier molecular flexibility index (Phi) is 12.0. The van der Waals surface area contributed by atoms with Crippen LogP contribution in [-0.2, 0) is 6.42 Å². The predicted octanol–water partition coefficient (Wildman–Crippen LogP) is 9.31. The standard InChI is InChI=1S/C28H39F/c1-7-10-11-13-25-16-19-27(20-17-25)28(24(6)29)21-15-23(5)26(9-3)18-14-22(4)12-8-2/h14-21H,6-13H2,1-5H3/b22-14+,23-15+,26-18+,28-21+. The molecule has 0 atom stereocenters. The number of hydrogen-bond acceptors (Lipinski definition) is 0. The Labute approximate surface area is 178 Å². The van der Waals surface area contributed by atoms with Gasteiger partial charge in [-0.1, -0.05) is 101 Å². The molecule has 0 nitrogen and oxygen atoms in total. The van der Waals surface area contributed by atoms with Gasteiger partial charge < -0.3 is 0 Å². The van der Waals surface area contributed by atoms with Crippen molar-refractivity contribution in [2.24, 2.45) is 0 Å². The van der Waals surface area contributed by atoms with Gasteiger partial charge in [0.1, 0.15) is 5.83 Å². The van der Waals surface area contributed by atoms with Gasteiger partial charge in [-0.25, -0.2) is 4.39 Å². The minimum Gasteiger partial charge on any atom is -0.207 e. The lowest BCUT2D eigenvalue weighted by molar-refractivity contribution is 0.678. The van der Waals surface area contributed by atoms with Crippen molar-refractivity contribution in [3.63, 3.8) is 0 Å². The zero-order chi connectivity index (χ0) is 21.6. The van der Waals surface area contributed by atoms with E-state index in [0.29, 0.717) is 5.57 Å². The van der Waals surface area contributed by atoms with Crippen molar-refractivity contribution in [2.45, 2.75) is 79.6 Å². The lowest BCUT2D eigenvalue weighted by Crippen LogP contribution is -1.89. The molecule has 0 aromatic heterocycles. The number of hydrogen-bond donors (Lipinski definition) is 0. The van der Waals surface area contributed by atoms with E-state index >= 15 is 0 Å². The summed E-state index contributed by atoms with van der Waals surface area (Å²) < 4.78 is 14.2. The molecule has 0 unspecified atom stereocenters. The highest BCUT2D eigenvalue weighted by Crippen LogP contribution is 2.25. The van der Waals surface area contributed by atoms with Crippen LogP contribution in [-0.4, -0.2) is 0 Å². The summed E-state index contributed by atoms with van der Waals surface area (Å²) in [6.07, 6.45) is 16.3. The number of aryl methyl sites for hydroxylation is 1. The molecule has 158 valence electrons. The molecule has 0 fully saturated rings. The maximum absolute atomic E-state index is 14.2. The maximum Gasteiger partial charge on any atom is 0.123 e. The van der Waals surface area contributed by atoms with Gasteiger partial charge in [0.2, 0.25) is 0 Å². The highest BCUT2D eigenvalue weighted by molar-refractivity contribution is 5.77. The van der Waals surface area contributed by atoms with E-state index < -0.39 is 5.83 Å². The van der Waals surface area contributed by atoms with Gasteiger partial charge in [-0.2, -0.15) is 0 Å². The van der Waals surface area contributed by atoms with E-state index in [0.717, 1.165) is 36.8 Å². The molecule has 0 saturated heterocycles. The molecule has 1 heteroatoms. The second kappa shape index (κ2) is 13.9. The average molecular weight is 395 g/mol. The Morgan fingerprint density at radius 3 is 2.14 bits per heavy atom. The first-order chi connectivity index (χ1) is 13.9. The third-order valence-corrected chi connectivity index (χ3v) is 5.23. The SMILES string of the molecule is C=C(F)\C(=C/C=C(C)/C(=C/C=C(\C)CCC)CC)c1ccc(CCCCC)cc1. The van der Waals surface area contributed by atoms with Crippen LogP contribution in [0.5, 0.6) is 0 Å². The van der Waals surface area contributed by atoms with Crippen molar-refractivity contribution in [1.82, 2.24) is 0 Å². The molecule has 0 N–H and O–H groups in total. The van der Waals surface area contributed by atoms with Crippen molar-refractivity contribution >= 4 is 5.57 Å². The zero-order valence-corrected chi connectivity index (χ0v) is 19.2. The molecule has 1 rings (SSSR count). The smallest absolute Gasteiger partial charge is 0.123 e. The van der Waals surface area contributed by atoms with E-state index in [9.17, 15) is 4.39 Å². The van der Waals surface area contributed by atoms with Crippen LogP contribution >= 0.6 is 0 Å². The van der Waals surface area contributed by atoms with Gasteiger partial charge in [-0.15, -0.1) is 0 Å². The van der Waals surface area contributed by atoms with Crippen LogP contribution in [0.25, 0.3) is 5.57 Å². The van der Waals surface area contributed by atoms with Crippen LogP contribution in [0, 0.1) is 0 Å². The van der Waals surface area contributed by atoms with Crippen molar-refractivity contribution in [3.05, 3.63) is 88.8 Å². The number of allylic oxidation sites excluding steroid dienone is 9. The van der Waals surface area contributed by atoms with Gasteiger partial charge in [0, 0.05) is 5.57 Å². The van der Waals surface area contributed by atoms with Crippen LogP contribution in [0.2, 0.25) is 0 Å². The molecular formula is C28H39F. The second-order valence-corrected chi connectivity index (χ2v) is 7.80. The molecule has 0 spiro atoms. The number of halogens is 1. The summed E-state index contributed by atoms with van der Waals surface area (Å²) in [6, 6.07) is 8.23. The molecule has 0 amide bonds. The van der Waals surface area contributed by atoms with Gasteiger partial charge in [0.05, 0.1) is 0 Å². The topological polar surface area (TPSA) is 0 Å². The largest absolute Gasteiger partial charge is 0.207 e. The molecule has 0 radical (unpaired) electrons. The lowest BCUT2D eigenvalue weighted by Gasteiger charge is -2.08. The molecule has 29 heavy (non-hydrogen) atoms. The minimum absolute atomic E-state index is 0.395. The second-order valence-electron chi connectivity index (χ2n) is 7.80. The van der Waals surface area contributed by atoms with Gasteiger partial charge >= 0.3 is 0 Å². The van der Waals surface area contributed by atoms with E-state index in [2.05, 4.69) is 65.5 Å². The normalized spacial score (nSPS) is 13.7. The number of unbranched alkanes of at least 4 members (excludes halogenated alkanes) is 2. The van der Waals surface area contributed by atoms with Gasteiger partial charge in [-0.3, -0.25) is 0 Å². The van der Waals surface area contributed by atoms with Gasteiger partial charge in [0.15, 0.2) is 0 Å². The number of benzene rings is 1. The van der Waals surface area contributed by atoms with Crippen LogP contribution in [0.4, 0.5) is 4.39 Å². The Balaban J connectivity index is 3.04. The first-order valence-corrected chi connectivity index (χ1v) is 11.1. The van der Waals surface area contributed by atoms with Crippen LogP contribution in [0.15, 0.2) is 77.7 Å². The summed E-state index contributed by atoms with van der Waals surface area (Å²) in [7, 11) is 0. The summed E-state index contributed by atoms with van der Waals surface area (Å²) in [5, 5.41) is 0. The summed E-state index contributed by atoms with van der Waals surface area (Å²) in [6.45, 7) is 14.4. The summed E-state index contributed by atoms with van der Waals surface area (Å²) in [4.78, 5) is 0. The van der Waals surface area contributed by atoms with Crippen molar-refractivity contribution < 1.29 is 4.39 Å². The van der Waals surface area contributed by atoms with Crippen molar-refractivity contribution in [3.8, 4) is 0 Å². The molecule has 1 aromatic carbocycles. The molecule has 0 heterocycles. The van der Waals surface area contributed by atoms with Crippen LogP contribution in [0.1, 0.15) is 84.3 Å². The monoisotopic (exact) mass is 394 g/mol. The Morgan fingerprint density at radius 2 is 1.59 bits per heavy atom. The molecule has 0 aliphatic carbocycles. The molecular weight excluding hydrogens is 355 g/mol. The van der Waals surface area contributed by atoms with E-state index in [1.54, 1.807) is 0 Å². The third-order valence-electron chi connectivity index (χ3n) is 5.23. The molecule has 0 saturated carbocycles. The van der Waals surface area contributed by atoms with E-state index in [4.69, 9.17) is 0 Å². The fraction of sp³-hybridized carbons (Fsp3) is 0.429. The molecule has 0 aliphatic heterocycles. The first-order valence-electron chi connectivity index (χ1n) is 11.1. The minimum atomic E-state index is -0.395. The summed E-state index contributed by atoms with van der Waals surface area (Å²) >= 11 is 0. The Hall–Kier alpha value is -2.15. The molecule has 0 aliphatic rings. The predicted molar refractivity (Wildman–Crippen MR) is 129 cm³/mol. The van der Waals surface area contributed by atoms with Gasteiger partial charge in [0.25, 0.3) is 0 Å². The van der Waals surface area contributed by atoms with Crippen molar-refractivity contribution in [1.29, 1.82) is 0 Å². The van der Waals surface area contributed by atoms with E-state index in [1.165, 1.54) is 36.0 Å². The van der Waals surface area contributed by atoms with E-state index in [1.807, 2.05) is 24.3 Å². The van der Waals surface area contributed by atoms with Crippen molar-refractivity contribution in [2.75, 3.05) is 0 Å². The first kappa shape index (κ1) is 24.9. The Bertz CT molecular complexity index is 754. The lowest BCUT2D eigenvalue weighted by atomic mass is 9.98. The van der Waals surface area contributed by atoms with E-state index in [-0.39, 0.29) is 0 Å². The summed E-state index contributed by atoms with van der Waals surface area (Å²) in [5.41, 5.74) is 6.55. The van der Waals surface area contributed by atoms with Gasteiger partial charge in [-0.05, 0) is 61.8 Å². The third kappa shape index (κ3) is 9.26. The maximum atomic E-state index is 14.2. The number of rotatable bonds is 12. The highest BCUT2D eigenvalue weighted by Gasteiger charge is 2.06. The fourth-order valence-corrected chi connectivity index (χ4v) is 3.34. The zero-order valence-electron chi connectivity index (χ0n) is 19.2.